The van der Waals surface area contributed by atoms with Crippen molar-refractivity contribution in [2.24, 2.45) is 0 Å². The van der Waals surface area contributed by atoms with Crippen LogP contribution in [0.2, 0.25) is 0 Å². The lowest BCUT2D eigenvalue weighted by Gasteiger charge is -2.40. The molecule has 386 valence electrons. The summed E-state index contributed by atoms with van der Waals surface area (Å²) in [5, 5.41) is 31.0. The number of allylic oxidation sites excluding steroid dienone is 6. The third-order valence-electron chi connectivity index (χ3n) is 12.2. The van der Waals surface area contributed by atoms with E-state index in [0.717, 1.165) is 57.8 Å². The summed E-state index contributed by atoms with van der Waals surface area (Å²) in [7, 11) is -4.61. The van der Waals surface area contributed by atoms with Crippen molar-refractivity contribution in [3.8, 4) is 0 Å². The topological polar surface area (TPSA) is 186 Å². The Morgan fingerprint density at radius 3 is 1.38 bits per heavy atom. The average Bonchev–Trinajstić information content (AvgIpc) is 3.28. The minimum Gasteiger partial charge on any atom is -0.462 e. The van der Waals surface area contributed by atoms with Crippen LogP contribution in [0, 0.1) is 0 Å². The van der Waals surface area contributed by atoms with Gasteiger partial charge in [-0.3, -0.25) is 14.1 Å². The predicted octanol–water partition coefficient (Wildman–Crippen LogP) is 12.1. The largest absolute Gasteiger partial charge is 0.462 e. The number of hydrogen-bond donors (Lipinski definition) is 4. The third-order valence-corrected chi connectivity index (χ3v) is 12.9. The minimum absolute atomic E-state index is 0.160. The van der Waals surface area contributed by atoms with E-state index in [4.69, 9.17) is 18.9 Å². The van der Waals surface area contributed by atoms with E-state index in [1.165, 1.54) is 135 Å². The highest BCUT2D eigenvalue weighted by Gasteiger charge is 2.46. The van der Waals surface area contributed by atoms with Gasteiger partial charge in [0.15, 0.2) is 12.4 Å². The summed E-state index contributed by atoms with van der Waals surface area (Å²) in [6.45, 7) is 3.76. The fourth-order valence-corrected chi connectivity index (χ4v) is 8.75. The first-order valence-corrected chi connectivity index (χ1v) is 28.2. The lowest BCUT2D eigenvalue weighted by Crippen LogP contribution is -2.60. The molecule has 0 saturated carbocycles. The molecule has 1 aliphatic heterocycles. The first-order valence-electron chi connectivity index (χ1n) is 26.5. The van der Waals surface area contributed by atoms with Crippen molar-refractivity contribution in [2.75, 3.05) is 19.0 Å². The Balaban J connectivity index is 2.36. The fourth-order valence-electron chi connectivity index (χ4n) is 8.06. The van der Waals surface area contributed by atoms with E-state index >= 15 is 0 Å². The average molecular weight is 957 g/mol. The van der Waals surface area contributed by atoms with Gasteiger partial charge in [-0.2, -0.15) is 8.42 Å². The fraction of sp³-hybridized carbons (Fsp3) is 0.849. The SMILES string of the molecule is CCCCC/C=C\C/C=C\CCCCCCCCCCCC(=O)OC(COC(=O)CCCCCCCCCCC/C=C\CCCCCCCC)COC1OC(CS(=O)(=O)O)C(O)C(O)C1O. The van der Waals surface area contributed by atoms with Gasteiger partial charge in [0.25, 0.3) is 10.1 Å². The van der Waals surface area contributed by atoms with Gasteiger partial charge in [-0.25, -0.2) is 0 Å². The minimum atomic E-state index is -4.61. The molecule has 13 heteroatoms. The van der Waals surface area contributed by atoms with Crippen LogP contribution in [0.25, 0.3) is 0 Å². The predicted molar refractivity (Wildman–Crippen MR) is 266 cm³/mol. The Kier molecular flexibility index (Phi) is 40.3. The zero-order chi connectivity index (χ0) is 48.4. The number of carbonyl (C=O) groups excluding carboxylic acids is 2. The van der Waals surface area contributed by atoms with Crippen LogP contribution in [0.15, 0.2) is 36.5 Å². The van der Waals surface area contributed by atoms with Gasteiger partial charge >= 0.3 is 11.9 Å². The van der Waals surface area contributed by atoms with E-state index < -0.39 is 71.2 Å². The molecule has 6 atom stereocenters. The summed E-state index contributed by atoms with van der Waals surface area (Å²) in [6, 6.07) is 0. The first-order chi connectivity index (χ1) is 32.0. The van der Waals surface area contributed by atoms with Crippen LogP contribution in [0.4, 0.5) is 0 Å². The van der Waals surface area contributed by atoms with E-state index in [1.807, 2.05) is 0 Å². The molecule has 0 aliphatic carbocycles. The van der Waals surface area contributed by atoms with Crippen molar-refractivity contribution in [2.45, 2.75) is 269 Å². The second-order valence-electron chi connectivity index (χ2n) is 18.5. The lowest BCUT2D eigenvalue weighted by molar-refractivity contribution is -0.297. The van der Waals surface area contributed by atoms with Crippen molar-refractivity contribution < 1.29 is 56.8 Å². The highest BCUT2D eigenvalue weighted by molar-refractivity contribution is 7.85. The number of esters is 2. The molecular formula is C53H96O12S. The highest BCUT2D eigenvalue weighted by Crippen LogP contribution is 2.24. The number of hydrogen-bond acceptors (Lipinski definition) is 11. The lowest BCUT2D eigenvalue weighted by atomic mass is 10.00. The van der Waals surface area contributed by atoms with Crippen LogP contribution in [0.1, 0.15) is 232 Å². The molecule has 1 fully saturated rings. The zero-order valence-electron chi connectivity index (χ0n) is 41.6. The summed E-state index contributed by atoms with van der Waals surface area (Å²) >= 11 is 0. The van der Waals surface area contributed by atoms with Crippen molar-refractivity contribution in [1.82, 2.24) is 0 Å². The highest BCUT2D eigenvalue weighted by atomic mass is 32.2. The molecule has 66 heavy (non-hydrogen) atoms. The number of aliphatic hydroxyl groups is 3. The molecule has 4 N–H and O–H groups in total. The zero-order valence-corrected chi connectivity index (χ0v) is 42.4. The number of aliphatic hydroxyl groups excluding tert-OH is 3. The normalized spacial score (nSPS) is 19.6. The monoisotopic (exact) mass is 957 g/mol. The molecule has 6 unspecified atom stereocenters. The van der Waals surface area contributed by atoms with Crippen molar-refractivity contribution >= 4 is 22.1 Å². The van der Waals surface area contributed by atoms with Gasteiger partial charge < -0.3 is 34.3 Å². The third kappa shape index (κ3) is 36.9. The maximum atomic E-state index is 12.9. The van der Waals surface area contributed by atoms with Crippen LogP contribution in [-0.2, 0) is 38.7 Å². The first kappa shape index (κ1) is 61.9. The molecule has 0 aromatic heterocycles. The van der Waals surface area contributed by atoms with Crippen LogP contribution < -0.4 is 0 Å². The summed E-state index contributed by atoms with van der Waals surface area (Å²) in [5.74, 6) is -1.98. The molecule has 0 aromatic carbocycles. The van der Waals surface area contributed by atoms with Gasteiger partial charge in [0.1, 0.15) is 36.8 Å². The van der Waals surface area contributed by atoms with E-state index in [1.54, 1.807) is 0 Å². The van der Waals surface area contributed by atoms with Gasteiger partial charge in [-0.05, 0) is 70.6 Å². The molecule has 12 nitrogen and oxygen atoms in total. The van der Waals surface area contributed by atoms with E-state index in [0.29, 0.717) is 12.8 Å². The number of rotatable bonds is 45. The van der Waals surface area contributed by atoms with E-state index in [2.05, 4.69) is 50.3 Å². The second-order valence-corrected chi connectivity index (χ2v) is 20.0. The Labute approximate surface area is 401 Å². The molecule has 0 bridgehead atoms. The molecule has 1 saturated heterocycles. The molecular weight excluding hydrogens is 861 g/mol. The Morgan fingerprint density at radius 1 is 0.515 bits per heavy atom. The molecule has 1 heterocycles. The van der Waals surface area contributed by atoms with Crippen LogP contribution in [0.3, 0.4) is 0 Å². The summed E-state index contributed by atoms with van der Waals surface area (Å²) in [4.78, 5) is 25.6. The Morgan fingerprint density at radius 2 is 0.909 bits per heavy atom. The molecule has 0 radical (unpaired) electrons. The maximum absolute atomic E-state index is 12.9. The van der Waals surface area contributed by atoms with Crippen molar-refractivity contribution in [1.29, 1.82) is 0 Å². The quantitative estimate of drug-likeness (QED) is 0.0196. The molecule has 0 spiro atoms. The van der Waals surface area contributed by atoms with Gasteiger partial charge in [0, 0.05) is 12.8 Å². The van der Waals surface area contributed by atoms with Crippen LogP contribution in [-0.4, -0.2) is 96.0 Å². The number of unbranched alkanes of at least 4 members (excludes halogenated alkanes) is 27. The second kappa shape index (κ2) is 42.9. The van der Waals surface area contributed by atoms with Crippen molar-refractivity contribution in [3.05, 3.63) is 36.5 Å². The van der Waals surface area contributed by atoms with Crippen LogP contribution in [0.5, 0.6) is 0 Å². The summed E-state index contributed by atoms with van der Waals surface area (Å²) in [6.07, 6.45) is 41.7. The smallest absolute Gasteiger partial charge is 0.306 e. The van der Waals surface area contributed by atoms with Gasteiger partial charge in [-0.15, -0.1) is 0 Å². The maximum Gasteiger partial charge on any atom is 0.306 e. The molecule has 0 amide bonds. The number of ether oxygens (including phenoxy) is 4. The Bertz CT molecular complexity index is 1350. The molecule has 1 rings (SSSR count). The van der Waals surface area contributed by atoms with Gasteiger partial charge in [-0.1, -0.05) is 185 Å². The summed E-state index contributed by atoms with van der Waals surface area (Å²) < 4.78 is 54.3. The van der Waals surface area contributed by atoms with Gasteiger partial charge in [0.05, 0.1) is 6.61 Å². The molecule has 0 aromatic rings. The van der Waals surface area contributed by atoms with Gasteiger partial charge in [0.2, 0.25) is 0 Å². The van der Waals surface area contributed by atoms with Crippen LogP contribution >= 0.6 is 0 Å². The van der Waals surface area contributed by atoms with E-state index in [9.17, 15) is 37.9 Å². The molecule has 1 aliphatic rings. The number of carbonyl (C=O) groups is 2. The Hall–Kier alpha value is -2.13. The van der Waals surface area contributed by atoms with Crippen molar-refractivity contribution in [3.63, 3.8) is 0 Å². The standard InChI is InChI=1S/C53H96O12S/c1-3-5-7-9-11-13-15-17-19-21-23-25-27-29-31-33-35-37-39-41-48(54)62-43-46(44-63-53-52(58)51(57)50(56)47(65-53)45-66(59,60)61)64-49(55)42-40-38-36-34-32-30-28-26-24-22-20-18-16-14-12-10-8-6-4-2/h12,14,17-20,46-47,50-53,56-58H,3-11,13,15-16,21-45H2,1-2H3,(H,59,60,61)/b14-12-,19-17-,20-18-. The van der Waals surface area contributed by atoms with E-state index in [-0.39, 0.29) is 19.4 Å². The summed E-state index contributed by atoms with van der Waals surface area (Å²) in [5.41, 5.74) is 0.